The first-order valence-corrected chi connectivity index (χ1v) is 7.10. The van der Waals surface area contributed by atoms with Gasteiger partial charge < -0.3 is 5.32 Å². The number of nitrogens with zero attached hydrogens (tertiary/aromatic N) is 3. The lowest BCUT2D eigenvalue weighted by Gasteiger charge is -2.15. The van der Waals surface area contributed by atoms with E-state index in [4.69, 9.17) is 0 Å². The lowest BCUT2D eigenvalue weighted by molar-refractivity contribution is 0.503. The molecule has 0 saturated heterocycles. The van der Waals surface area contributed by atoms with Crippen molar-refractivity contribution in [1.82, 2.24) is 20.1 Å². The minimum absolute atomic E-state index is 0.457. The topological polar surface area (TPSA) is 42.7 Å². The third-order valence-electron chi connectivity index (χ3n) is 3.79. The number of fused-ring (bicyclic) bond motifs is 1. The summed E-state index contributed by atoms with van der Waals surface area (Å²) in [6.07, 6.45) is 10.5. The van der Waals surface area contributed by atoms with Crippen molar-refractivity contribution in [2.45, 2.75) is 38.6 Å². The summed E-state index contributed by atoms with van der Waals surface area (Å²) in [6.45, 7) is 3.17. The van der Waals surface area contributed by atoms with Crippen LogP contribution in [0.3, 0.4) is 0 Å². The summed E-state index contributed by atoms with van der Waals surface area (Å²) in [5, 5.41) is 8.17. The summed E-state index contributed by atoms with van der Waals surface area (Å²) in [4.78, 5) is 4.08. The Morgan fingerprint density at radius 1 is 1.32 bits per heavy atom. The Morgan fingerprint density at radius 3 is 2.95 bits per heavy atom. The molecule has 2 aromatic rings. The molecule has 1 aliphatic rings. The summed E-state index contributed by atoms with van der Waals surface area (Å²) < 4.78 is 2.08. The second-order valence-electron chi connectivity index (χ2n) is 5.02. The SMILES string of the molecule is CCNC1CCCCc2c1cnn2-c1ccncc1. The highest BCUT2D eigenvalue weighted by molar-refractivity contribution is 5.35. The van der Waals surface area contributed by atoms with Crippen LogP contribution in [0.5, 0.6) is 0 Å². The molecule has 2 aromatic heterocycles. The van der Waals surface area contributed by atoms with Crippen molar-refractivity contribution < 1.29 is 0 Å². The van der Waals surface area contributed by atoms with E-state index in [2.05, 4.69) is 27.0 Å². The quantitative estimate of drug-likeness (QED) is 0.858. The molecule has 2 heterocycles. The van der Waals surface area contributed by atoms with Crippen LogP contribution >= 0.6 is 0 Å². The first-order chi connectivity index (χ1) is 9.40. The molecule has 100 valence electrons. The molecule has 0 spiro atoms. The molecule has 1 unspecified atom stereocenters. The first kappa shape index (κ1) is 12.4. The standard InChI is InChI=1S/C15H20N4/c1-2-17-14-5-3-4-6-15-13(14)11-18-19(15)12-7-9-16-10-8-12/h7-11,14,17H,2-6H2,1H3. The van der Waals surface area contributed by atoms with Crippen LogP contribution in [0.2, 0.25) is 0 Å². The molecule has 0 saturated carbocycles. The van der Waals surface area contributed by atoms with Crippen molar-refractivity contribution in [3.8, 4) is 5.69 Å². The fraction of sp³-hybridized carbons (Fsp3) is 0.467. The van der Waals surface area contributed by atoms with Crippen LogP contribution in [0.15, 0.2) is 30.7 Å². The van der Waals surface area contributed by atoms with Crippen molar-refractivity contribution in [2.75, 3.05) is 6.54 Å². The first-order valence-electron chi connectivity index (χ1n) is 7.10. The van der Waals surface area contributed by atoms with Gasteiger partial charge in [0.1, 0.15) is 0 Å². The molecular formula is C15H20N4. The van der Waals surface area contributed by atoms with E-state index in [9.17, 15) is 0 Å². The van der Waals surface area contributed by atoms with Gasteiger partial charge in [0.05, 0.1) is 11.9 Å². The Morgan fingerprint density at radius 2 is 2.16 bits per heavy atom. The van der Waals surface area contributed by atoms with Crippen molar-refractivity contribution in [1.29, 1.82) is 0 Å². The number of rotatable bonds is 3. The second-order valence-corrected chi connectivity index (χ2v) is 5.02. The zero-order valence-electron chi connectivity index (χ0n) is 11.3. The van der Waals surface area contributed by atoms with Crippen molar-refractivity contribution >= 4 is 0 Å². The summed E-state index contributed by atoms with van der Waals surface area (Å²) >= 11 is 0. The van der Waals surface area contributed by atoms with E-state index in [1.165, 1.54) is 30.5 Å². The van der Waals surface area contributed by atoms with Gasteiger partial charge in [0.25, 0.3) is 0 Å². The molecule has 0 aliphatic heterocycles. The predicted molar refractivity (Wildman–Crippen MR) is 75.3 cm³/mol. The summed E-state index contributed by atoms with van der Waals surface area (Å²) in [5.41, 5.74) is 3.83. The van der Waals surface area contributed by atoms with E-state index >= 15 is 0 Å². The average molecular weight is 256 g/mol. The van der Waals surface area contributed by atoms with Crippen LogP contribution in [0.4, 0.5) is 0 Å². The lowest BCUT2D eigenvalue weighted by Crippen LogP contribution is -2.20. The third-order valence-corrected chi connectivity index (χ3v) is 3.79. The molecule has 0 radical (unpaired) electrons. The van der Waals surface area contributed by atoms with Crippen LogP contribution in [0, 0.1) is 0 Å². The molecule has 0 fully saturated rings. The Hall–Kier alpha value is -1.68. The zero-order chi connectivity index (χ0) is 13.1. The van der Waals surface area contributed by atoms with Crippen molar-refractivity contribution in [2.24, 2.45) is 0 Å². The van der Waals surface area contributed by atoms with Gasteiger partial charge in [-0.05, 0) is 37.9 Å². The molecule has 4 nitrogen and oxygen atoms in total. The number of hydrogen-bond donors (Lipinski definition) is 1. The van der Waals surface area contributed by atoms with Crippen molar-refractivity contribution in [3.63, 3.8) is 0 Å². The van der Waals surface area contributed by atoms with Crippen LogP contribution < -0.4 is 5.32 Å². The fourth-order valence-corrected chi connectivity index (χ4v) is 2.89. The molecule has 0 amide bonds. The summed E-state index contributed by atoms with van der Waals surface area (Å²) in [5.74, 6) is 0. The highest BCUT2D eigenvalue weighted by Gasteiger charge is 2.22. The Labute approximate surface area is 113 Å². The van der Waals surface area contributed by atoms with Gasteiger partial charge in [0.15, 0.2) is 0 Å². The van der Waals surface area contributed by atoms with E-state index in [1.54, 1.807) is 0 Å². The van der Waals surface area contributed by atoms with Gasteiger partial charge in [-0.25, -0.2) is 4.68 Å². The van der Waals surface area contributed by atoms with Crippen LogP contribution in [0.25, 0.3) is 5.69 Å². The maximum absolute atomic E-state index is 4.59. The third kappa shape index (κ3) is 2.40. The van der Waals surface area contributed by atoms with Crippen LogP contribution in [-0.4, -0.2) is 21.3 Å². The van der Waals surface area contributed by atoms with E-state index in [0.29, 0.717) is 6.04 Å². The minimum atomic E-state index is 0.457. The molecule has 3 rings (SSSR count). The molecular weight excluding hydrogens is 236 g/mol. The fourth-order valence-electron chi connectivity index (χ4n) is 2.89. The van der Waals surface area contributed by atoms with Gasteiger partial charge in [-0.2, -0.15) is 5.10 Å². The van der Waals surface area contributed by atoms with E-state index < -0.39 is 0 Å². The molecule has 0 aromatic carbocycles. The maximum Gasteiger partial charge on any atom is 0.0679 e. The smallest absolute Gasteiger partial charge is 0.0679 e. The molecule has 1 N–H and O–H groups in total. The number of nitrogens with one attached hydrogen (secondary N) is 1. The molecule has 1 aliphatic carbocycles. The average Bonchev–Trinajstić information content (AvgIpc) is 2.77. The van der Waals surface area contributed by atoms with E-state index in [0.717, 1.165) is 18.7 Å². The van der Waals surface area contributed by atoms with Crippen LogP contribution in [-0.2, 0) is 6.42 Å². The predicted octanol–water partition coefficient (Wildman–Crippen LogP) is 2.64. The zero-order valence-corrected chi connectivity index (χ0v) is 11.3. The summed E-state index contributed by atoms with van der Waals surface area (Å²) in [7, 11) is 0. The van der Waals surface area contributed by atoms with E-state index in [-0.39, 0.29) is 0 Å². The number of hydrogen-bond acceptors (Lipinski definition) is 3. The van der Waals surface area contributed by atoms with Gasteiger partial charge in [-0.15, -0.1) is 0 Å². The van der Waals surface area contributed by atoms with Gasteiger partial charge in [0, 0.05) is 29.7 Å². The van der Waals surface area contributed by atoms with Gasteiger partial charge in [-0.1, -0.05) is 13.3 Å². The lowest BCUT2D eigenvalue weighted by atomic mass is 10.1. The Kier molecular flexibility index (Phi) is 3.60. The summed E-state index contributed by atoms with van der Waals surface area (Å²) in [6, 6.07) is 4.49. The van der Waals surface area contributed by atoms with Crippen molar-refractivity contribution in [3.05, 3.63) is 42.0 Å². The second kappa shape index (κ2) is 5.53. The molecule has 4 heteroatoms. The largest absolute Gasteiger partial charge is 0.310 e. The highest BCUT2D eigenvalue weighted by atomic mass is 15.3. The number of pyridine rings is 1. The number of aromatic nitrogens is 3. The molecule has 0 bridgehead atoms. The monoisotopic (exact) mass is 256 g/mol. The van der Waals surface area contributed by atoms with Gasteiger partial charge in [-0.3, -0.25) is 4.98 Å². The van der Waals surface area contributed by atoms with E-state index in [1.807, 2.05) is 30.7 Å². The van der Waals surface area contributed by atoms with Gasteiger partial charge in [0.2, 0.25) is 0 Å². The van der Waals surface area contributed by atoms with Gasteiger partial charge >= 0.3 is 0 Å². The molecule has 1 atom stereocenters. The highest BCUT2D eigenvalue weighted by Crippen LogP contribution is 2.29. The molecule has 19 heavy (non-hydrogen) atoms. The Balaban J connectivity index is 2.01. The normalized spacial score (nSPS) is 18.9. The van der Waals surface area contributed by atoms with Crippen LogP contribution in [0.1, 0.15) is 43.5 Å². The minimum Gasteiger partial charge on any atom is -0.310 e. The Bertz CT molecular complexity index is 532. The maximum atomic E-state index is 4.59.